The molecule has 2 aromatic carbocycles. The highest BCUT2D eigenvalue weighted by atomic mass is 32.2. The zero-order valence-electron chi connectivity index (χ0n) is 19.8. The molecule has 0 bridgehead atoms. The number of sulfonamides is 1. The van der Waals surface area contributed by atoms with Gasteiger partial charge in [-0.15, -0.1) is 0 Å². The van der Waals surface area contributed by atoms with Crippen LogP contribution in [-0.2, 0) is 24.3 Å². The van der Waals surface area contributed by atoms with Gasteiger partial charge in [-0.2, -0.15) is 4.31 Å². The first kappa shape index (κ1) is 25.2. The van der Waals surface area contributed by atoms with E-state index in [2.05, 4.69) is 16.0 Å². The molecule has 2 aliphatic heterocycles. The van der Waals surface area contributed by atoms with Gasteiger partial charge in [-0.05, 0) is 55.3 Å². The SMILES string of the molecule is COc1ccc(NC(=O)CNc2cc(S(=O)(=O)N3CCOCC3)ccc2NC[C@H]2CCCO2)cc1. The highest BCUT2D eigenvalue weighted by Gasteiger charge is 2.27. The third-order valence-electron chi connectivity index (χ3n) is 5.96. The molecule has 0 spiro atoms. The largest absolute Gasteiger partial charge is 0.497 e. The molecule has 0 unspecified atom stereocenters. The van der Waals surface area contributed by atoms with Gasteiger partial charge in [-0.1, -0.05) is 0 Å². The summed E-state index contributed by atoms with van der Waals surface area (Å²) in [5.41, 5.74) is 1.87. The number of morpholine rings is 1. The number of anilines is 3. The highest BCUT2D eigenvalue weighted by molar-refractivity contribution is 7.89. The number of amides is 1. The van der Waals surface area contributed by atoms with Gasteiger partial charge in [-0.3, -0.25) is 4.79 Å². The first-order chi connectivity index (χ1) is 17.0. The summed E-state index contributed by atoms with van der Waals surface area (Å²) >= 11 is 0. The molecule has 4 rings (SSSR count). The Balaban J connectivity index is 1.47. The Labute approximate surface area is 206 Å². The summed E-state index contributed by atoms with van der Waals surface area (Å²) in [6.45, 7) is 2.68. The summed E-state index contributed by atoms with van der Waals surface area (Å²) in [6, 6.07) is 11.9. The molecule has 2 aliphatic rings. The molecule has 0 aromatic heterocycles. The third kappa shape index (κ3) is 6.63. The van der Waals surface area contributed by atoms with Crippen LogP contribution < -0.4 is 20.7 Å². The Morgan fingerprint density at radius 2 is 1.83 bits per heavy atom. The molecular formula is C24H32N4O6S. The maximum absolute atomic E-state index is 13.2. The number of benzene rings is 2. The van der Waals surface area contributed by atoms with Crippen LogP contribution in [-0.4, -0.2) is 77.8 Å². The summed E-state index contributed by atoms with van der Waals surface area (Å²) in [6.07, 6.45) is 2.11. The average molecular weight is 505 g/mol. The minimum absolute atomic E-state index is 0.0400. The van der Waals surface area contributed by atoms with Crippen LogP contribution in [0.3, 0.4) is 0 Å². The topological polar surface area (TPSA) is 118 Å². The Kier molecular flexibility index (Phi) is 8.45. The normalized spacial score (nSPS) is 18.7. The van der Waals surface area contributed by atoms with Gasteiger partial charge in [0.15, 0.2) is 0 Å². The maximum atomic E-state index is 13.2. The number of hydrogen-bond acceptors (Lipinski definition) is 8. The Morgan fingerprint density at radius 1 is 1.06 bits per heavy atom. The number of ether oxygens (including phenoxy) is 3. The van der Waals surface area contributed by atoms with E-state index in [1.54, 1.807) is 49.6 Å². The fourth-order valence-corrected chi connectivity index (χ4v) is 5.44. The summed E-state index contributed by atoms with van der Waals surface area (Å²) in [4.78, 5) is 12.7. The lowest BCUT2D eigenvalue weighted by Gasteiger charge is -2.26. The molecule has 0 radical (unpaired) electrons. The minimum atomic E-state index is -3.68. The smallest absolute Gasteiger partial charge is 0.243 e. The van der Waals surface area contributed by atoms with E-state index < -0.39 is 10.0 Å². The molecule has 11 heteroatoms. The Morgan fingerprint density at radius 3 is 2.51 bits per heavy atom. The molecule has 2 saturated heterocycles. The van der Waals surface area contributed by atoms with Crippen LogP contribution in [0.15, 0.2) is 47.4 Å². The van der Waals surface area contributed by atoms with Gasteiger partial charge in [0.25, 0.3) is 0 Å². The number of methoxy groups -OCH3 is 1. The van der Waals surface area contributed by atoms with Crippen LogP contribution in [0.4, 0.5) is 17.1 Å². The lowest BCUT2D eigenvalue weighted by Crippen LogP contribution is -2.40. The number of hydrogen-bond donors (Lipinski definition) is 3. The fourth-order valence-electron chi connectivity index (χ4n) is 4.00. The molecule has 2 aromatic rings. The van der Waals surface area contributed by atoms with Crippen LogP contribution in [0.25, 0.3) is 0 Å². The van der Waals surface area contributed by atoms with E-state index in [-0.39, 0.29) is 23.5 Å². The van der Waals surface area contributed by atoms with Crippen molar-refractivity contribution in [2.75, 3.05) is 69.1 Å². The van der Waals surface area contributed by atoms with Crippen molar-refractivity contribution in [2.24, 2.45) is 0 Å². The number of rotatable bonds is 10. The molecule has 190 valence electrons. The number of nitrogens with zero attached hydrogens (tertiary/aromatic N) is 1. The fraction of sp³-hybridized carbons (Fsp3) is 0.458. The van der Waals surface area contributed by atoms with Crippen molar-refractivity contribution < 1.29 is 27.4 Å². The molecule has 0 saturated carbocycles. The van der Waals surface area contributed by atoms with E-state index >= 15 is 0 Å². The van der Waals surface area contributed by atoms with Gasteiger partial charge in [0.05, 0.1) is 49.2 Å². The molecule has 1 atom stereocenters. The quantitative estimate of drug-likeness (QED) is 0.451. The molecule has 35 heavy (non-hydrogen) atoms. The van der Waals surface area contributed by atoms with Crippen molar-refractivity contribution >= 4 is 33.0 Å². The van der Waals surface area contributed by atoms with E-state index in [0.717, 1.165) is 19.4 Å². The molecular weight excluding hydrogens is 472 g/mol. The lowest BCUT2D eigenvalue weighted by atomic mass is 10.2. The van der Waals surface area contributed by atoms with Crippen molar-refractivity contribution in [1.82, 2.24) is 4.31 Å². The van der Waals surface area contributed by atoms with Gasteiger partial charge >= 0.3 is 0 Å². The van der Waals surface area contributed by atoms with E-state index in [0.29, 0.717) is 55.7 Å². The summed E-state index contributed by atoms with van der Waals surface area (Å²) < 4.78 is 43.9. The predicted molar refractivity (Wildman–Crippen MR) is 134 cm³/mol. The third-order valence-corrected chi connectivity index (χ3v) is 7.85. The standard InChI is InChI=1S/C24H32N4O6S/c1-32-19-6-4-18(5-7-19)27-24(29)17-26-23-15-21(35(30,31)28-10-13-33-14-11-28)8-9-22(23)25-16-20-3-2-12-34-20/h4-9,15,20,25-26H,2-3,10-14,16-17H2,1H3,(H,27,29)/t20-/m1/s1. The van der Waals surface area contributed by atoms with Crippen LogP contribution in [0.5, 0.6) is 5.75 Å². The first-order valence-corrected chi connectivity index (χ1v) is 13.1. The van der Waals surface area contributed by atoms with Crippen LogP contribution >= 0.6 is 0 Å². The van der Waals surface area contributed by atoms with Crippen molar-refractivity contribution in [3.05, 3.63) is 42.5 Å². The Bertz CT molecular complexity index is 1100. The van der Waals surface area contributed by atoms with E-state index in [1.165, 1.54) is 4.31 Å². The molecule has 2 heterocycles. The summed E-state index contributed by atoms with van der Waals surface area (Å²) in [7, 11) is -2.10. The molecule has 3 N–H and O–H groups in total. The summed E-state index contributed by atoms with van der Waals surface area (Å²) in [5.74, 6) is 0.433. The zero-order valence-corrected chi connectivity index (χ0v) is 20.6. The van der Waals surface area contributed by atoms with Crippen molar-refractivity contribution in [2.45, 2.75) is 23.8 Å². The van der Waals surface area contributed by atoms with Gasteiger partial charge in [0, 0.05) is 31.9 Å². The second kappa shape index (κ2) is 11.7. The van der Waals surface area contributed by atoms with Crippen molar-refractivity contribution in [1.29, 1.82) is 0 Å². The molecule has 10 nitrogen and oxygen atoms in total. The van der Waals surface area contributed by atoms with Crippen LogP contribution in [0, 0.1) is 0 Å². The van der Waals surface area contributed by atoms with Crippen LogP contribution in [0.2, 0.25) is 0 Å². The number of carbonyl (C=O) groups excluding carboxylic acids is 1. The highest BCUT2D eigenvalue weighted by Crippen LogP contribution is 2.28. The van der Waals surface area contributed by atoms with Gasteiger partial charge < -0.3 is 30.2 Å². The monoisotopic (exact) mass is 504 g/mol. The lowest BCUT2D eigenvalue weighted by molar-refractivity contribution is -0.114. The second-order valence-electron chi connectivity index (χ2n) is 8.37. The van der Waals surface area contributed by atoms with Gasteiger partial charge in [0.1, 0.15) is 5.75 Å². The average Bonchev–Trinajstić information content (AvgIpc) is 3.41. The predicted octanol–water partition coefficient (Wildman–Crippen LogP) is 2.36. The van der Waals surface area contributed by atoms with Gasteiger partial charge in [-0.25, -0.2) is 8.42 Å². The van der Waals surface area contributed by atoms with E-state index in [9.17, 15) is 13.2 Å². The Hall–Kier alpha value is -2.86. The zero-order chi connectivity index (χ0) is 24.7. The van der Waals surface area contributed by atoms with E-state index in [1.807, 2.05) is 0 Å². The maximum Gasteiger partial charge on any atom is 0.243 e. The van der Waals surface area contributed by atoms with Crippen LogP contribution in [0.1, 0.15) is 12.8 Å². The van der Waals surface area contributed by atoms with Crippen molar-refractivity contribution in [3.63, 3.8) is 0 Å². The minimum Gasteiger partial charge on any atom is -0.497 e. The molecule has 2 fully saturated rings. The summed E-state index contributed by atoms with van der Waals surface area (Å²) in [5, 5.41) is 9.26. The molecule has 0 aliphatic carbocycles. The van der Waals surface area contributed by atoms with Gasteiger partial charge in [0.2, 0.25) is 15.9 Å². The molecule has 1 amide bonds. The number of nitrogens with one attached hydrogen (secondary N) is 3. The second-order valence-corrected chi connectivity index (χ2v) is 10.3. The van der Waals surface area contributed by atoms with E-state index in [4.69, 9.17) is 14.2 Å². The van der Waals surface area contributed by atoms with Crippen molar-refractivity contribution in [3.8, 4) is 5.75 Å². The number of carbonyl (C=O) groups is 1. The first-order valence-electron chi connectivity index (χ1n) is 11.7.